The average Bonchev–Trinajstić information content (AvgIpc) is 2.60. The molecule has 0 bridgehead atoms. The third kappa shape index (κ3) is 1.73. The van der Waals surface area contributed by atoms with Gasteiger partial charge >= 0.3 is 0 Å². The quantitative estimate of drug-likeness (QED) is 0.791. The maximum atomic E-state index is 5.77. The number of aromatic nitrogens is 2. The molecular weight excluding hydrogens is 264 g/mol. The molecule has 0 spiro atoms. The van der Waals surface area contributed by atoms with Crippen LogP contribution in [0, 0.1) is 5.92 Å². The first-order valence-electron chi connectivity index (χ1n) is 4.74. The molecule has 1 aromatic heterocycles. The number of nitrogens with zero attached hydrogens (tertiary/aromatic N) is 2. The van der Waals surface area contributed by atoms with E-state index in [9.17, 15) is 0 Å². The molecular formula is C9H13BrN2OS. The van der Waals surface area contributed by atoms with E-state index < -0.39 is 0 Å². The summed E-state index contributed by atoms with van der Waals surface area (Å²) in [5, 5.41) is 9.24. The Balaban J connectivity index is 2.25. The molecule has 1 saturated heterocycles. The Hall–Kier alpha value is -0.0000000000000000833. The highest BCUT2D eigenvalue weighted by atomic mass is 79.9. The van der Waals surface area contributed by atoms with E-state index >= 15 is 0 Å². The van der Waals surface area contributed by atoms with Crippen molar-refractivity contribution in [3.63, 3.8) is 0 Å². The van der Waals surface area contributed by atoms with Crippen LogP contribution < -0.4 is 0 Å². The van der Waals surface area contributed by atoms with Crippen LogP contribution >= 0.6 is 27.3 Å². The summed E-state index contributed by atoms with van der Waals surface area (Å²) >= 11 is 4.95. The van der Waals surface area contributed by atoms with Gasteiger partial charge in [-0.1, -0.05) is 18.3 Å². The van der Waals surface area contributed by atoms with E-state index in [1.807, 2.05) is 0 Å². The van der Waals surface area contributed by atoms with Gasteiger partial charge in [0.25, 0.3) is 0 Å². The third-order valence-corrected chi connectivity index (χ3v) is 4.40. The van der Waals surface area contributed by atoms with Crippen LogP contribution in [0.1, 0.15) is 31.7 Å². The lowest BCUT2D eigenvalue weighted by molar-refractivity contribution is 0.0556. The van der Waals surface area contributed by atoms with Crippen LogP contribution in [0.15, 0.2) is 3.92 Å². The molecule has 1 aliphatic heterocycles. The highest BCUT2D eigenvalue weighted by molar-refractivity contribution is 9.11. The van der Waals surface area contributed by atoms with Crippen molar-refractivity contribution in [2.45, 2.75) is 38.9 Å². The van der Waals surface area contributed by atoms with E-state index in [0.717, 1.165) is 8.92 Å². The van der Waals surface area contributed by atoms with E-state index in [1.165, 1.54) is 0 Å². The Morgan fingerprint density at radius 1 is 1.21 bits per heavy atom. The zero-order valence-corrected chi connectivity index (χ0v) is 10.8. The van der Waals surface area contributed by atoms with Gasteiger partial charge in [0.05, 0.1) is 12.2 Å². The number of rotatable bonds is 1. The van der Waals surface area contributed by atoms with Crippen LogP contribution in [-0.4, -0.2) is 22.4 Å². The monoisotopic (exact) mass is 276 g/mol. The summed E-state index contributed by atoms with van der Waals surface area (Å²) in [6, 6.07) is 0. The van der Waals surface area contributed by atoms with Crippen LogP contribution in [0.5, 0.6) is 0 Å². The summed E-state index contributed by atoms with van der Waals surface area (Å²) in [5.41, 5.74) is 0. The first kappa shape index (κ1) is 10.5. The van der Waals surface area contributed by atoms with Gasteiger partial charge in [-0.25, -0.2) is 0 Å². The number of hydrogen-bond acceptors (Lipinski definition) is 4. The maximum absolute atomic E-state index is 5.77. The van der Waals surface area contributed by atoms with Crippen LogP contribution in [0.4, 0.5) is 0 Å². The Labute approximate surface area is 96.0 Å². The fourth-order valence-corrected chi connectivity index (χ4v) is 3.50. The zero-order chi connectivity index (χ0) is 10.3. The van der Waals surface area contributed by atoms with Crippen molar-refractivity contribution in [2.24, 2.45) is 5.92 Å². The van der Waals surface area contributed by atoms with Crippen molar-refractivity contribution in [3.05, 3.63) is 8.92 Å². The van der Waals surface area contributed by atoms with Gasteiger partial charge in [0.2, 0.25) is 0 Å². The molecule has 0 amide bonds. The summed E-state index contributed by atoms with van der Waals surface area (Å²) in [5.74, 6) is 0.915. The van der Waals surface area contributed by atoms with Crippen LogP contribution in [0.25, 0.3) is 0 Å². The van der Waals surface area contributed by atoms with Gasteiger partial charge in [-0.3, -0.25) is 0 Å². The summed E-state index contributed by atoms with van der Waals surface area (Å²) in [4.78, 5) is 0. The lowest BCUT2D eigenvalue weighted by atomic mass is 9.90. The molecule has 78 valence electrons. The van der Waals surface area contributed by atoms with Gasteiger partial charge < -0.3 is 4.74 Å². The highest BCUT2D eigenvalue weighted by Gasteiger charge is 2.39. The van der Waals surface area contributed by atoms with Gasteiger partial charge in [0.15, 0.2) is 3.92 Å². The average molecular weight is 277 g/mol. The Bertz CT molecular complexity index is 330. The van der Waals surface area contributed by atoms with Crippen LogP contribution in [-0.2, 0) is 4.74 Å². The molecule has 1 aliphatic rings. The smallest absolute Gasteiger partial charge is 0.183 e. The van der Waals surface area contributed by atoms with E-state index in [1.54, 1.807) is 11.3 Å². The van der Waals surface area contributed by atoms with Crippen molar-refractivity contribution in [1.82, 2.24) is 10.2 Å². The van der Waals surface area contributed by atoms with E-state index in [2.05, 4.69) is 46.9 Å². The molecule has 0 aliphatic carbocycles. The minimum Gasteiger partial charge on any atom is -0.375 e. The molecule has 0 N–H and O–H groups in total. The highest BCUT2D eigenvalue weighted by Crippen LogP contribution is 2.41. The third-order valence-electron chi connectivity index (χ3n) is 2.94. The topological polar surface area (TPSA) is 35.0 Å². The van der Waals surface area contributed by atoms with Gasteiger partial charge in [-0.05, 0) is 35.7 Å². The largest absolute Gasteiger partial charge is 0.375 e. The Morgan fingerprint density at radius 3 is 2.36 bits per heavy atom. The molecule has 2 heterocycles. The van der Waals surface area contributed by atoms with E-state index in [4.69, 9.17) is 4.74 Å². The van der Waals surface area contributed by atoms with Crippen molar-refractivity contribution < 1.29 is 4.74 Å². The van der Waals surface area contributed by atoms with Gasteiger partial charge in [0.1, 0.15) is 5.01 Å². The molecule has 14 heavy (non-hydrogen) atoms. The predicted molar refractivity (Wildman–Crippen MR) is 59.5 cm³/mol. The first-order valence-corrected chi connectivity index (χ1v) is 6.35. The fourth-order valence-electron chi connectivity index (χ4n) is 2.04. The molecule has 0 aromatic carbocycles. The standard InChI is InChI=1S/C9H13BrN2OS/c1-4-5(2)13-6(3)7(4)8-11-12-9(10)14-8/h4-7H,1-3H3. The second-order valence-corrected chi connectivity index (χ2v) is 6.11. The lowest BCUT2D eigenvalue weighted by Crippen LogP contribution is -2.14. The minimum atomic E-state index is 0.250. The summed E-state index contributed by atoms with van der Waals surface area (Å²) in [7, 11) is 0. The van der Waals surface area contributed by atoms with E-state index in [0.29, 0.717) is 17.9 Å². The molecule has 0 saturated carbocycles. The number of hydrogen-bond donors (Lipinski definition) is 0. The molecule has 1 fully saturated rings. The number of ether oxygens (including phenoxy) is 1. The molecule has 2 rings (SSSR count). The molecule has 5 heteroatoms. The second-order valence-electron chi connectivity index (χ2n) is 3.82. The summed E-state index contributed by atoms with van der Waals surface area (Å²) < 4.78 is 6.63. The van der Waals surface area contributed by atoms with E-state index in [-0.39, 0.29) is 6.10 Å². The molecule has 4 atom stereocenters. The number of halogens is 1. The van der Waals surface area contributed by atoms with Crippen molar-refractivity contribution in [2.75, 3.05) is 0 Å². The Kier molecular flexibility index (Phi) is 2.91. The van der Waals surface area contributed by atoms with Crippen LogP contribution in [0.3, 0.4) is 0 Å². The molecule has 4 unspecified atom stereocenters. The SMILES string of the molecule is CC1OC(C)C(c2nnc(Br)s2)C1C. The van der Waals surface area contributed by atoms with Crippen molar-refractivity contribution in [1.29, 1.82) is 0 Å². The molecule has 1 aromatic rings. The maximum Gasteiger partial charge on any atom is 0.183 e. The molecule has 3 nitrogen and oxygen atoms in total. The normalized spacial score (nSPS) is 37.7. The Morgan fingerprint density at radius 2 is 1.93 bits per heavy atom. The first-order chi connectivity index (χ1) is 6.59. The zero-order valence-electron chi connectivity index (χ0n) is 8.40. The van der Waals surface area contributed by atoms with Crippen LogP contribution in [0.2, 0.25) is 0 Å². The molecule has 0 radical (unpaired) electrons. The lowest BCUT2D eigenvalue weighted by Gasteiger charge is -2.14. The van der Waals surface area contributed by atoms with Crippen molar-refractivity contribution in [3.8, 4) is 0 Å². The van der Waals surface area contributed by atoms with Crippen molar-refractivity contribution >= 4 is 27.3 Å². The summed E-state index contributed by atoms with van der Waals surface area (Å²) in [6.45, 7) is 6.45. The minimum absolute atomic E-state index is 0.250. The second kappa shape index (κ2) is 3.87. The summed E-state index contributed by atoms with van der Waals surface area (Å²) in [6.07, 6.45) is 0.567. The van der Waals surface area contributed by atoms with Gasteiger partial charge in [-0.2, -0.15) is 0 Å². The van der Waals surface area contributed by atoms with Gasteiger partial charge in [-0.15, -0.1) is 10.2 Å². The fraction of sp³-hybridized carbons (Fsp3) is 0.778. The predicted octanol–water partition coefficient (Wildman–Crippen LogP) is 2.83. The van der Waals surface area contributed by atoms with Gasteiger partial charge in [0, 0.05) is 5.92 Å².